The molecular formula is C25H30FN7O3S. The normalized spacial score (nSPS) is 17.6. The molecule has 0 spiro atoms. The van der Waals surface area contributed by atoms with Crippen molar-refractivity contribution in [2.75, 3.05) is 10.6 Å². The van der Waals surface area contributed by atoms with Gasteiger partial charge >= 0.3 is 6.09 Å². The van der Waals surface area contributed by atoms with Gasteiger partial charge in [0.2, 0.25) is 5.95 Å². The van der Waals surface area contributed by atoms with Gasteiger partial charge in [0.25, 0.3) is 5.91 Å². The quantitative estimate of drug-likeness (QED) is 0.342. The Morgan fingerprint density at radius 2 is 1.92 bits per heavy atom. The van der Waals surface area contributed by atoms with Crippen LogP contribution in [0, 0.1) is 5.82 Å². The smallest absolute Gasteiger partial charge is 0.407 e. The van der Waals surface area contributed by atoms with E-state index in [4.69, 9.17) is 10.5 Å². The average molecular weight is 528 g/mol. The van der Waals surface area contributed by atoms with Gasteiger partial charge in [0, 0.05) is 28.9 Å². The summed E-state index contributed by atoms with van der Waals surface area (Å²) in [6, 6.07) is 4.23. The van der Waals surface area contributed by atoms with Gasteiger partial charge in [-0.1, -0.05) is 12.8 Å². The predicted octanol–water partition coefficient (Wildman–Crippen LogP) is 4.83. The van der Waals surface area contributed by atoms with Crippen LogP contribution in [0.1, 0.15) is 56.8 Å². The number of carbonyl (C=O) groups is 2. The Kier molecular flexibility index (Phi) is 7.86. The molecule has 1 aliphatic carbocycles. The lowest BCUT2D eigenvalue weighted by Gasteiger charge is -2.33. The summed E-state index contributed by atoms with van der Waals surface area (Å²) in [7, 11) is 0. The third-order valence-electron chi connectivity index (χ3n) is 5.78. The lowest BCUT2D eigenvalue weighted by Crippen LogP contribution is -2.50. The molecule has 12 heteroatoms. The summed E-state index contributed by atoms with van der Waals surface area (Å²) in [6.07, 6.45) is 4.33. The van der Waals surface area contributed by atoms with E-state index in [0.717, 1.165) is 25.7 Å². The molecule has 0 unspecified atom stereocenters. The fraction of sp³-hybridized carbons (Fsp3) is 0.400. The fourth-order valence-electron chi connectivity index (χ4n) is 4.11. The number of alkyl carbamates (subject to hydrolysis) is 1. The Hall–Kier alpha value is -3.80. The second kappa shape index (κ2) is 11.1. The van der Waals surface area contributed by atoms with Crippen molar-refractivity contribution in [3.05, 3.63) is 46.7 Å². The van der Waals surface area contributed by atoms with Crippen LogP contribution in [0.5, 0.6) is 0 Å². The summed E-state index contributed by atoms with van der Waals surface area (Å²) in [5.41, 5.74) is 7.91. The number of benzene rings is 1. The first kappa shape index (κ1) is 26.3. The third kappa shape index (κ3) is 6.91. The molecule has 0 bridgehead atoms. The lowest BCUT2D eigenvalue weighted by atomic mass is 9.90. The highest BCUT2D eigenvalue weighted by atomic mass is 32.1. The average Bonchev–Trinajstić information content (AvgIpc) is 3.34. The van der Waals surface area contributed by atoms with E-state index in [2.05, 4.69) is 30.9 Å². The van der Waals surface area contributed by atoms with E-state index in [1.54, 1.807) is 23.0 Å². The van der Waals surface area contributed by atoms with Crippen LogP contribution in [0.2, 0.25) is 0 Å². The van der Waals surface area contributed by atoms with Gasteiger partial charge in [-0.3, -0.25) is 4.79 Å². The minimum absolute atomic E-state index is 0.0570. The van der Waals surface area contributed by atoms with Crippen LogP contribution in [0.4, 0.5) is 26.6 Å². The minimum atomic E-state index is -0.726. The van der Waals surface area contributed by atoms with Gasteiger partial charge < -0.3 is 26.4 Å². The van der Waals surface area contributed by atoms with Crippen LogP contribution in [-0.2, 0) is 4.74 Å². The second-order valence-electron chi connectivity index (χ2n) is 9.80. The van der Waals surface area contributed by atoms with E-state index < -0.39 is 23.4 Å². The molecule has 10 nitrogen and oxygen atoms in total. The van der Waals surface area contributed by atoms with Crippen molar-refractivity contribution < 1.29 is 18.7 Å². The maximum atomic E-state index is 14.8. The molecule has 37 heavy (non-hydrogen) atoms. The van der Waals surface area contributed by atoms with Crippen LogP contribution in [0.15, 0.2) is 35.3 Å². The highest BCUT2D eigenvalue weighted by molar-refractivity contribution is 7.07. The Balaban J connectivity index is 1.52. The van der Waals surface area contributed by atoms with Crippen LogP contribution >= 0.6 is 11.3 Å². The molecule has 2 atom stereocenters. The molecule has 1 saturated carbocycles. The number of hydrogen-bond acceptors (Lipinski definition) is 9. The first-order chi connectivity index (χ1) is 17.6. The molecule has 1 aliphatic rings. The van der Waals surface area contributed by atoms with Gasteiger partial charge in [-0.15, -0.1) is 11.3 Å². The van der Waals surface area contributed by atoms with Crippen molar-refractivity contribution in [1.82, 2.24) is 20.3 Å². The van der Waals surface area contributed by atoms with Gasteiger partial charge in [-0.2, -0.15) is 4.98 Å². The number of hydrogen-bond donors (Lipinski definition) is 4. The first-order valence-electron chi connectivity index (χ1n) is 12.0. The molecule has 0 radical (unpaired) electrons. The van der Waals surface area contributed by atoms with Gasteiger partial charge in [0.05, 0.1) is 17.2 Å². The summed E-state index contributed by atoms with van der Waals surface area (Å²) in [6.45, 7) is 5.43. The molecule has 196 valence electrons. The topological polar surface area (TPSA) is 144 Å². The van der Waals surface area contributed by atoms with Gasteiger partial charge in [-0.25, -0.2) is 19.2 Å². The number of nitrogens with zero attached hydrogens (tertiary/aromatic N) is 3. The number of carbonyl (C=O) groups excluding carboxylic acids is 2. The monoisotopic (exact) mass is 527 g/mol. The zero-order chi connectivity index (χ0) is 26.6. The van der Waals surface area contributed by atoms with Crippen molar-refractivity contribution in [3.63, 3.8) is 0 Å². The van der Waals surface area contributed by atoms with Crippen molar-refractivity contribution in [2.24, 2.45) is 5.73 Å². The Morgan fingerprint density at radius 1 is 1.16 bits per heavy atom. The molecule has 1 aromatic carbocycles. The minimum Gasteiger partial charge on any atom is -0.444 e. The fourth-order valence-corrected chi connectivity index (χ4v) is 4.66. The molecule has 0 aliphatic heterocycles. The summed E-state index contributed by atoms with van der Waals surface area (Å²) in [5, 5.41) is 10.9. The molecule has 5 N–H and O–H groups in total. The molecule has 1 fully saturated rings. The zero-order valence-electron chi connectivity index (χ0n) is 20.9. The maximum Gasteiger partial charge on any atom is 0.407 e. The van der Waals surface area contributed by atoms with Crippen molar-refractivity contribution in [3.8, 4) is 11.3 Å². The molecule has 0 saturated heterocycles. The number of rotatable bonds is 7. The van der Waals surface area contributed by atoms with Crippen molar-refractivity contribution in [1.29, 1.82) is 0 Å². The van der Waals surface area contributed by atoms with Crippen LogP contribution in [0.3, 0.4) is 0 Å². The van der Waals surface area contributed by atoms with Crippen LogP contribution in [0.25, 0.3) is 11.3 Å². The largest absolute Gasteiger partial charge is 0.444 e. The van der Waals surface area contributed by atoms with E-state index in [0.29, 0.717) is 16.9 Å². The standard InChI is InChI=1S/C25H30FN7O3S/c1-25(2,3)36-24(35)32-19-7-5-4-6-18(19)31-23-28-11-16(21(27)34)22(33-23)30-14-8-9-15(17(26)10-14)20-12-37-13-29-20/h8-13,18-19H,4-7H2,1-3H3,(H2,27,34)(H,32,35)(H2,28,30,31,33)/t18-,19+/m1/s1. The molecule has 2 heterocycles. The Labute approximate surface area is 218 Å². The van der Waals surface area contributed by atoms with Gasteiger partial charge in [-0.05, 0) is 51.8 Å². The number of nitrogens with two attached hydrogens (primary N) is 1. The van der Waals surface area contributed by atoms with Crippen LogP contribution < -0.4 is 21.7 Å². The number of primary amides is 1. The molecule has 3 aromatic rings. The Bertz CT molecular complexity index is 1260. The number of amides is 2. The zero-order valence-corrected chi connectivity index (χ0v) is 21.7. The van der Waals surface area contributed by atoms with Gasteiger partial charge in [0.15, 0.2) is 0 Å². The highest BCUT2D eigenvalue weighted by Crippen LogP contribution is 2.28. The summed E-state index contributed by atoms with van der Waals surface area (Å²) >= 11 is 1.38. The molecule has 4 rings (SSSR count). The summed E-state index contributed by atoms with van der Waals surface area (Å²) in [5.74, 6) is -0.814. The third-order valence-corrected chi connectivity index (χ3v) is 6.36. The summed E-state index contributed by atoms with van der Waals surface area (Å²) in [4.78, 5) is 37.2. The van der Waals surface area contributed by atoms with Crippen LogP contribution in [-0.4, -0.2) is 44.6 Å². The SMILES string of the molecule is CC(C)(C)OC(=O)N[C@H]1CCCC[C@H]1Nc1ncc(C(N)=O)c(Nc2ccc(-c3cscn3)c(F)c2)n1. The number of aromatic nitrogens is 3. The van der Waals surface area contributed by atoms with Crippen molar-refractivity contribution in [2.45, 2.75) is 64.1 Å². The Morgan fingerprint density at radius 3 is 2.57 bits per heavy atom. The number of halogens is 1. The first-order valence-corrected chi connectivity index (χ1v) is 12.9. The number of thiazole rings is 1. The number of ether oxygens (including phenoxy) is 1. The van der Waals surface area contributed by atoms with E-state index in [-0.39, 0.29) is 29.4 Å². The summed E-state index contributed by atoms with van der Waals surface area (Å²) < 4.78 is 20.2. The van der Waals surface area contributed by atoms with E-state index >= 15 is 0 Å². The maximum absolute atomic E-state index is 14.8. The van der Waals surface area contributed by atoms with Gasteiger partial charge in [0.1, 0.15) is 22.8 Å². The second-order valence-corrected chi connectivity index (χ2v) is 10.5. The van der Waals surface area contributed by atoms with E-state index in [1.807, 2.05) is 20.8 Å². The number of anilines is 3. The van der Waals surface area contributed by atoms with Crippen molar-refractivity contribution >= 4 is 40.8 Å². The molecule has 2 aromatic heterocycles. The lowest BCUT2D eigenvalue weighted by molar-refractivity contribution is 0.0488. The molecule has 2 amide bonds. The van der Waals surface area contributed by atoms with E-state index in [1.165, 1.54) is 23.6 Å². The predicted molar refractivity (Wildman–Crippen MR) is 140 cm³/mol. The highest BCUT2D eigenvalue weighted by Gasteiger charge is 2.29. The molecular weight excluding hydrogens is 497 g/mol. The number of nitrogens with one attached hydrogen (secondary N) is 3. The van der Waals surface area contributed by atoms with E-state index in [9.17, 15) is 14.0 Å².